The van der Waals surface area contributed by atoms with Crippen molar-refractivity contribution in [1.82, 2.24) is 10.6 Å². The van der Waals surface area contributed by atoms with E-state index in [2.05, 4.69) is 23.4 Å². The van der Waals surface area contributed by atoms with E-state index in [0.717, 1.165) is 12.5 Å². The lowest BCUT2D eigenvalue weighted by molar-refractivity contribution is 0.423. The minimum Gasteiger partial charge on any atom is -0.364 e. The van der Waals surface area contributed by atoms with Crippen LogP contribution in [-0.4, -0.2) is 6.54 Å². The highest BCUT2D eigenvalue weighted by Crippen LogP contribution is 2.23. The van der Waals surface area contributed by atoms with Gasteiger partial charge < -0.3 is 5.32 Å². The zero-order valence-corrected chi connectivity index (χ0v) is 5.98. The van der Waals surface area contributed by atoms with E-state index in [4.69, 9.17) is 0 Å². The second kappa shape index (κ2) is 2.62. The molecule has 54 valence electrons. The molecule has 1 atom stereocenters. The Bertz CT molecular complexity index is 151. The first-order valence-electron chi connectivity index (χ1n) is 3.91. The van der Waals surface area contributed by atoms with Gasteiger partial charge in [0, 0.05) is 18.2 Å². The Labute approximate surface area is 61.7 Å². The average Bonchev–Trinajstić information content (AvgIpc) is 2.05. The van der Waals surface area contributed by atoms with Crippen molar-refractivity contribution in [3.05, 3.63) is 18.4 Å². The summed E-state index contributed by atoms with van der Waals surface area (Å²) >= 11 is 0. The lowest BCUT2D eigenvalue weighted by Crippen LogP contribution is -2.39. The summed E-state index contributed by atoms with van der Waals surface area (Å²) < 4.78 is 0. The molecular formula is C8H12N2. The van der Waals surface area contributed by atoms with Crippen LogP contribution >= 0.6 is 0 Å². The van der Waals surface area contributed by atoms with Crippen LogP contribution in [0.2, 0.25) is 0 Å². The fourth-order valence-electron chi connectivity index (χ4n) is 1.60. The first-order valence-corrected chi connectivity index (χ1v) is 3.91. The van der Waals surface area contributed by atoms with E-state index in [1.807, 2.05) is 0 Å². The molecule has 1 aliphatic heterocycles. The Morgan fingerprint density at radius 1 is 1.60 bits per heavy atom. The molecule has 1 aliphatic carbocycles. The molecule has 2 radical (unpaired) electrons. The molecule has 0 aromatic carbocycles. The van der Waals surface area contributed by atoms with Gasteiger partial charge in [-0.1, -0.05) is 6.08 Å². The van der Waals surface area contributed by atoms with E-state index in [1.54, 1.807) is 0 Å². The zero-order chi connectivity index (χ0) is 6.81. The monoisotopic (exact) mass is 136 g/mol. The van der Waals surface area contributed by atoms with Crippen molar-refractivity contribution in [2.45, 2.75) is 19.3 Å². The third-order valence-corrected chi connectivity index (χ3v) is 2.20. The number of hydrogen-bond acceptors (Lipinski definition) is 2. The molecular weight excluding hydrogens is 124 g/mol. The predicted octanol–water partition coefficient (Wildman–Crippen LogP) is 0.859. The van der Waals surface area contributed by atoms with Gasteiger partial charge in [-0.05, 0) is 19.3 Å². The van der Waals surface area contributed by atoms with E-state index >= 15 is 0 Å². The predicted molar refractivity (Wildman–Crippen MR) is 39.8 cm³/mol. The van der Waals surface area contributed by atoms with Gasteiger partial charge in [-0.3, -0.25) is 5.32 Å². The van der Waals surface area contributed by atoms with Crippen LogP contribution < -0.4 is 10.6 Å². The summed E-state index contributed by atoms with van der Waals surface area (Å²) in [5.74, 6) is 0.731. The SMILES string of the molecule is [C]1NCC2CCCC=C2N1. The van der Waals surface area contributed by atoms with Gasteiger partial charge in [0.2, 0.25) is 0 Å². The normalized spacial score (nSPS) is 32.0. The van der Waals surface area contributed by atoms with Gasteiger partial charge in [0.05, 0.1) is 0 Å². The molecule has 1 heterocycles. The fraction of sp³-hybridized carbons (Fsp3) is 0.625. The third kappa shape index (κ3) is 1.03. The standard InChI is InChI=1S/C8H12N2/c1-2-4-8-7(3-1)5-9-6-10-8/h4,7,9-10H,1-3,5H2. The maximum Gasteiger partial charge on any atom is 0.171 e. The second-order valence-corrected chi connectivity index (χ2v) is 2.92. The van der Waals surface area contributed by atoms with E-state index in [1.165, 1.54) is 25.0 Å². The minimum absolute atomic E-state index is 0.731. The van der Waals surface area contributed by atoms with Crippen LogP contribution in [0.3, 0.4) is 0 Å². The van der Waals surface area contributed by atoms with Gasteiger partial charge in [-0.2, -0.15) is 0 Å². The van der Waals surface area contributed by atoms with Crippen molar-refractivity contribution in [3.8, 4) is 0 Å². The highest BCUT2D eigenvalue weighted by molar-refractivity contribution is 5.12. The van der Waals surface area contributed by atoms with Crippen molar-refractivity contribution in [3.63, 3.8) is 0 Å². The molecule has 1 unspecified atom stereocenters. The Morgan fingerprint density at radius 2 is 2.60 bits per heavy atom. The summed E-state index contributed by atoms with van der Waals surface area (Å²) in [6.07, 6.45) is 6.20. The van der Waals surface area contributed by atoms with Gasteiger partial charge in [0.15, 0.2) is 6.67 Å². The average molecular weight is 136 g/mol. The molecule has 0 saturated carbocycles. The van der Waals surface area contributed by atoms with Gasteiger partial charge in [0.1, 0.15) is 0 Å². The summed E-state index contributed by atoms with van der Waals surface area (Å²) in [4.78, 5) is 0. The molecule has 1 saturated heterocycles. The highest BCUT2D eigenvalue weighted by Gasteiger charge is 2.20. The van der Waals surface area contributed by atoms with E-state index < -0.39 is 0 Å². The number of allylic oxidation sites excluding steroid dienone is 1. The molecule has 0 aromatic heterocycles. The maximum atomic E-state index is 3.12. The van der Waals surface area contributed by atoms with Crippen molar-refractivity contribution in [1.29, 1.82) is 0 Å². The molecule has 1 fully saturated rings. The number of rotatable bonds is 0. The van der Waals surface area contributed by atoms with E-state index in [9.17, 15) is 0 Å². The smallest absolute Gasteiger partial charge is 0.171 e. The molecule has 0 spiro atoms. The van der Waals surface area contributed by atoms with Crippen LogP contribution in [0.1, 0.15) is 19.3 Å². The Hall–Kier alpha value is -0.500. The van der Waals surface area contributed by atoms with Gasteiger partial charge in [0.25, 0.3) is 0 Å². The van der Waals surface area contributed by atoms with Crippen molar-refractivity contribution >= 4 is 0 Å². The van der Waals surface area contributed by atoms with Crippen LogP contribution in [0.5, 0.6) is 0 Å². The van der Waals surface area contributed by atoms with Gasteiger partial charge in [-0.15, -0.1) is 0 Å². The molecule has 2 rings (SSSR count). The summed E-state index contributed by atoms with van der Waals surface area (Å²) in [6, 6.07) is 0. The van der Waals surface area contributed by atoms with Crippen molar-refractivity contribution < 1.29 is 0 Å². The Morgan fingerprint density at radius 3 is 3.50 bits per heavy atom. The van der Waals surface area contributed by atoms with Crippen LogP contribution in [-0.2, 0) is 0 Å². The lowest BCUT2D eigenvalue weighted by atomic mass is 9.91. The Kier molecular flexibility index (Phi) is 1.63. The first-order chi connectivity index (χ1) is 4.97. The van der Waals surface area contributed by atoms with Gasteiger partial charge >= 0.3 is 0 Å². The molecule has 2 heteroatoms. The molecule has 0 aromatic rings. The molecule has 2 N–H and O–H groups in total. The first kappa shape index (κ1) is 6.23. The largest absolute Gasteiger partial charge is 0.364 e. The Balaban J connectivity index is 2.08. The van der Waals surface area contributed by atoms with Crippen LogP contribution in [0.15, 0.2) is 11.8 Å². The molecule has 0 amide bonds. The number of hydrogen-bond donors (Lipinski definition) is 2. The summed E-state index contributed by atoms with van der Waals surface area (Å²) in [5.41, 5.74) is 1.38. The topological polar surface area (TPSA) is 24.1 Å². The maximum absolute atomic E-state index is 3.12. The molecule has 2 nitrogen and oxygen atoms in total. The second-order valence-electron chi connectivity index (χ2n) is 2.92. The van der Waals surface area contributed by atoms with Crippen LogP contribution in [0.25, 0.3) is 0 Å². The van der Waals surface area contributed by atoms with Crippen molar-refractivity contribution in [2.24, 2.45) is 5.92 Å². The van der Waals surface area contributed by atoms with Gasteiger partial charge in [-0.25, -0.2) is 0 Å². The zero-order valence-electron chi connectivity index (χ0n) is 5.98. The van der Waals surface area contributed by atoms with Crippen LogP contribution in [0, 0.1) is 12.6 Å². The lowest BCUT2D eigenvalue weighted by Gasteiger charge is -2.29. The third-order valence-electron chi connectivity index (χ3n) is 2.20. The number of fused-ring (bicyclic) bond motifs is 1. The van der Waals surface area contributed by atoms with Crippen LogP contribution in [0.4, 0.5) is 0 Å². The summed E-state index contributed by atoms with van der Waals surface area (Å²) in [7, 11) is 0. The molecule has 2 aliphatic rings. The summed E-state index contributed by atoms with van der Waals surface area (Å²) in [6.45, 7) is 3.98. The highest BCUT2D eigenvalue weighted by atomic mass is 15.1. The molecule has 0 bridgehead atoms. The fourth-order valence-corrected chi connectivity index (χ4v) is 1.60. The minimum atomic E-state index is 0.731. The van der Waals surface area contributed by atoms with E-state index in [0.29, 0.717) is 0 Å². The van der Waals surface area contributed by atoms with Crippen molar-refractivity contribution in [2.75, 3.05) is 6.54 Å². The summed E-state index contributed by atoms with van der Waals surface area (Å²) in [5, 5.41) is 6.20. The van der Waals surface area contributed by atoms with E-state index in [-0.39, 0.29) is 0 Å². The number of nitrogens with one attached hydrogen (secondary N) is 2. The quantitative estimate of drug-likeness (QED) is 0.516. The molecule has 10 heavy (non-hydrogen) atoms.